The van der Waals surface area contributed by atoms with Crippen molar-refractivity contribution in [2.24, 2.45) is 0 Å². The van der Waals surface area contributed by atoms with Crippen LogP contribution in [0.15, 0.2) is 24.3 Å². The molecule has 1 heterocycles. The summed E-state index contributed by atoms with van der Waals surface area (Å²) in [5, 5.41) is 0. The number of benzene rings is 1. The van der Waals surface area contributed by atoms with Gasteiger partial charge in [0.15, 0.2) is 0 Å². The zero-order valence-electron chi connectivity index (χ0n) is 7.34. The third-order valence-corrected chi connectivity index (χ3v) is 2.35. The largest absolute Gasteiger partial charge is 0.416 e. The normalized spacial score (nSPS) is 17.9. The summed E-state index contributed by atoms with van der Waals surface area (Å²) in [7, 11) is 0. The van der Waals surface area contributed by atoms with Crippen LogP contribution in [0.5, 0.6) is 0 Å². The smallest absolute Gasteiger partial charge is 0.380 e. The Morgan fingerprint density at radius 3 is 2.00 bits per heavy atom. The maximum Gasteiger partial charge on any atom is 0.416 e. The second kappa shape index (κ2) is 3.28. The standard InChI is InChI=1S/C10H9F3O/c11-10(12,13)9-3-1-7(2-4-9)8-5-14-6-8/h1-4,8H,5-6H2. The van der Waals surface area contributed by atoms with Crippen molar-refractivity contribution in [2.45, 2.75) is 12.1 Å². The molecule has 14 heavy (non-hydrogen) atoms. The van der Waals surface area contributed by atoms with E-state index in [0.29, 0.717) is 13.2 Å². The summed E-state index contributed by atoms with van der Waals surface area (Å²) in [6.45, 7) is 1.23. The first kappa shape index (κ1) is 9.52. The van der Waals surface area contributed by atoms with Crippen molar-refractivity contribution in [3.63, 3.8) is 0 Å². The van der Waals surface area contributed by atoms with Crippen molar-refractivity contribution < 1.29 is 17.9 Å². The molecule has 1 nitrogen and oxygen atoms in total. The van der Waals surface area contributed by atoms with E-state index in [0.717, 1.165) is 17.7 Å². The first-order valence-electron chi connectivity index (χ1n) is 4.32. The average Bonchev–Trinajstić information content (AvgIpc) is 2.00. The van der Waals surface area contributed by atoms with E-state index in [2.05, 4.69) is 0 Å². The highest BCUT2D eigenvalue weighted by molar-refractivity contribution is 5.28. The van der Waals surface area contributed by atoms with Crippen LogP contribution < -0.4 is 0 Å². The highest BCUT2D eigenvalue weighted by atomic mass is 19.4. The number of hydrogen-bond acceptors (Lipinski definition) is 1. The molecule has 0 N–H and O–H groups in total. The Bertz CT molecular complexity index is 311. The molecule has 1 aliphatic heterocycles. The summed E-state index contributed by atoms with van der Waals surface area (Å²) >= 11 is 0. The lowest BCUT2D eigenvalue weighted by Gasteiger charge is -2.26. The molecule has 1 aromatic carbocycles. The molecule has 1 aliphatic rings. The Kier molecular flexibility index (Phi) is 2.23. The van der Waals surface area contributed by atoms with Crippen LogP contribution in [0.1, 0.15) is 17.0 Å². The van der Waals surface area contributed by atoms with Crippen LogP contribution >= 0.6 is 0 Å². The summed E-state index contributed by atoms with van der Waals surface area (Å²) in [6.07, 6.45) is -4.24. The molecule has 0 radical (unpaired) electrons. The fourth-order valence-electron chi connectivity index (χ4n) is 1.37. The van der Waals surface area contributed by atoms with Crippen LogP contribution in [0.4, 0.5) is 13.2 Å². The van der Waals surface area contributed by atoms with Gasteiger partial charge in [-0.2, -0.15) is 13.2 Å². The van der Waals surface area contributed by atoms with Crippen molar-refractivity contribution >= 4 is 0 Å². The van der Waals surface area contributed by atoms with Gasteiger partial charge >= 0.3 is 6.18 Å². The third-order valence-electron chi connectivity index (χ3n) is 2.35. The van der Waals surface area contributed by atoms with Gasteiger partial charge in [0.2, 0.25) is 0 Å². The molecule has 0 aromatic heterocycles. The van der Waals surface area contributed by atoms with Gasteiger partial charge in [-0.05, 0) is 17.7 Å². The predicted octanol–water partition coefficient (Wildman–Crippen LogP) is 2.82. The number of rotatable bonds is 1. The van der Waals surface area contributed by atoms with E-state index in [4.69, 9.17) is 4.74 Å². The molecule has 0 unspecified atom stereocenters. The zero-order valence-corrected chi connectivity index (χ0v) is 7.34. The van der Waals surface area contributed by atoms with Crippen LogP contribution in [-0.2, 0) is 10.9 Å². The number of alkyl halides is 3. The van der Waals surface area contributed by atoms with Gasteiger partial charge in [0.05, 0.1) is 18.8 Å². The molecule has 76 valence electrons. The second-order valence-corrected chi connectivity index (χ2v) is 3.35. The summed E-state index contributed by atoms with van der Waals surface area (Å²) in [5.41, 5.74) is 0.325. The fourth-order valence-corrected chi connectivity index (χ4v) is 1.37. The molecule has 0 spiro atoms. The minimum atomic E-state index is -4.24. The molecule has 0 bridgehead atoms. The zero-order chi connectivity index (χ0) is 10.2. The van der Waals surface area contributed by atoms with E-state index in [1.165, 1.54) is 12.1 Å². The van der Waals surface area contributed by atoms with E-state index in [-0.39, 0.29) is 5.92 Å². The Balaban J connectivity index is 2.17. The molecule has 1 fully saturated rings. The Morgan fingerprint density at radius 1 is 1.07 bits per heavy atom. The number of hydrogen-bond donors (Lipinski definition) is 0. The molecule has 0 atom stereocenters. The van der Waals surface area contributed by atoms with E-state index >= 15 is 0 Å². The Labute approximate surface area is 79.5 Å². The monoisotopic (exact) mass is 202 g/mol. The molecule has 1 saturated heterocycles. The van der Waals surface area contributed by atoms with Gasteiger partial charge in [0, 0.05) is 5.92 Å². The van der Waals surface area contributed by atoms with Gasteiger partial charge in [-0.1, -0.05) is 12.1 Å². The van der Waals surface area contributed by atoms with Gasteiger partial charge in [0.25, 0.3) is 0 Å². The minimum absolute atomic E-state index is 0.275. The first-order valence-corrected chi connectivity index (χ1v) is 4.32. The Hall–Kier alpha value is -1.03. The summed E-state index contributed by atoms with van der Waals surface area (Å²) in [5.74, 6) is 0.275. The molecular formula is C10H9F3O. The third kappa shape index (κ3) is 1.75. The molecule has 0 saturated carbocycles. The average molecular weight is 202 g/mol. The van der Waals surface area contributed by atoms with Crippen molar-refractivity contribution in [3.8, 4) is 0 Å². The van der Waals surface area contributed by atoms with Gasteiger partial charge in [-0.25, -0.2) is 0 Å². The maximum atomic E-state index is 12.2. The number of halogens is 3. The molecule has 1 aromatic rings. The van der Waals surface area contributed by atoms with Crippen LogP contribution in [-0.4, -0.2) is 13.2 Å². The fraction of sp³-hybridized carbons (Fsp3) is 0.400. The lowest BCUT2D eigenvalue weighted by atomic mass is 9.97. The van der Waals surface area contributed by atoms with Crippen LogP contribution in [0.3, 0.4) is 0 Å². The van der Waals surface area contributed by atoms with Crippen LogP contribution in [0.2, 0.25) is 0 Å². The van der Waals surface area contributed by atoms with Crippen molar-refractivity contribution in [1.29, 1.82) is 0 Å². The molecule has 0 amide bonds. The second-order valence-electron chi connectivity index (χ2n) is 3.35. The summed E-state index contributed by atoms with van der Waals surface area (Å²) < 4.78 is 41.5. The van der Waals surface area contributed by atoms with Crippen molar-refractivity contribution in [1.82, 2.24) is 0 Å². The van der Waals surface area contributed by atoms with Crippen LogP contribution in [0, 0.1) is 0 Å². The molecule has 2 rings (SSSR count). The van der Waals surface area contributed by atoms with E-state index in [1.54, 1.807) is 0 Å². The van der Waals surface area contributed by atoms with E-state index in [9.17, 15) is 13.2 Å². The van der Waals surface area contributed by atoms with Crippen LogP contribution in [0.25, 0.3) is 0 Å². The summed E-state index contributed by atoms with van der Waals surface area (Å²) in [6, 6.07) is 5.29. The van der Waals surface area contributed by atoms with Crippen molar-refractivity contribution in [2.75, 3.05) is 13.2 Å². The topological polar surface area (TPSA) is 9.23 Å². The van der Waals surface area contributed by atoms with Gasteiger partial charge in [-0.3, -0.25) is 0 Å². The SMILES string of the molecule is FC(F)(F)c1ccc(C2COC2)cc1. The highest BCUT2D eigenvalue weighted by Crippen LogP contribution is 2.31. The first-order chi connectivity index (χ1) is 6.57. The van der Waals surface area contributed by atoms with Gasteiger partial charge in [0.1, 0.15) is 0 Å². The molecular weight excluding hydrogens is 193 g/mol. The van der Waals surface area contributed by atoms with E-state index in [1.807, 2.05) is 0 Å². The number of ether oxygens (including phenoxy) is 1. The maximum absolute atomic E-state index is 12.2. The lowest BCUT2D eigenvalue weighted by Crippen LogP contribution is -2.25. The highest BCUT2D eigenvalue weighted by Gasteiger charge is 2.30. The van der Waals surface area contributed by atoms with Gasteiger partial charge in [-0.15, -0.1) is 0 Å². The van der Waals surface area contributed by atoms with Gasteiger partial charge < -0.3 is 4.74 Å². The van der Waals surface area contributed by atoms with E-state index < -0.39 is 11.7 Å². The quantitative estimate of drug-likeness (QED) is 0.680. The molecule has 0 aliphatic carbocycles. The Morgan fingerprint density at radius 2 is 1.64 bits per heavy atom. The lowest BCUT2D eigenvalue weighted by molar-refractivity contribution is -0.137. The minimum Gasteiger partial charge on any atom is -0.380 e. The molecule has 4 heteroatoms. The van der Waals surface area contributed by atoms with Crippen molar-refractivity contribution in [3.05, 3.63) is 35.4 Å². The summed E-state index contributed by atoms with van der Waals surface area (Å²) in [4.78, 5) is 0. The predicted molar refractivity (Wildman–Crippen MR) is 45.0 cm³/mol.